The lowest BCUT2D eigenvalue weighted by atomic mass is 10.1. The first-order valence-corrected chi connectivity index (χ1v) is 8.14. The maximum Gasteiger partial charge on any atom is 0.251 e. The third-order valence-corrected chi connectivity index (χ3v) is 4.00. The van der Waals surface area contributed by atoms with Crippen LogP contribution in [0.25, 0.3) is 22.3 Å². The Morgan fingerprint density at radius 3 is 2.58 bits per heavy atom. The Labute approximate surface area is 150 Å². The monoisotopic (exact) mass is 341 g/mol. The Morgan fingerprint density at radius 1 is 0.885 bits per heavy atom. The number of pyridine rings is 2. The van der Waals surface area contributed by atoms with Gasteiger partial charge in [-0.15, -0.1) is 0 Å². The Hall–Kier alpha value is -3.67. The van der Waals surface area contributed by atoms with E-state index in [-0.39, 0.29) is 5.91 Å². The largest absolute Gasteiger partial charge is 0.348 e. The van der Waals surface area contributed by atoms with Crippen molar-refractivity contribution in [2.75, 3.05) is 0 Å². The summed E-state index contributed by atoms with van der Waals surface area (Å²) < 4.78 is 0. The molecule has 1 N–H and O–H groups in total. The number of hydrogen-bond acceptors (Lipinski definition) is 5. The summed E-state index contributed by atoms with van der Waals surface area (Å²) in [6, 6.07) is 12.9. The first-order valence-electron chi connectivity index (χ1n) is 8.14. The van der Waals surface area contributed by atoms with E-state index in [1.54, 1.807) is 49.2 Å². The molecule has 3 aromatic heterocycles. The highest BCUT2D eigenvalue weighted by Gasteiger charge is 2.10. The van der Waals surface area contributed by atoms with Crippen LogP contribution in [-0.2, 0) is 6.54 Å². The van der Waals surface area contributed by atoms with Crippen LogP contribution in [0.1, 0.15) is 15.9 Å². The zero-order chi connectivity index (χ0) is 17.8. The summed E-state index contributed by atoms with van der Waals surface area (Å²) in [6.45, 7) is 0.370. The highest BCUT2D eigenvalue weighted by molar-refractivity contribution is 5.97. The van der Waals surface area contributed by atoms with Gasteiger partial charge in [-0.25, -0.2) is 0 Å². The minimum atomic E-state index is -0.168. The molecule has 0 unspecified atom stereocenters. The number of nitrogens with zero attached hydrogens (tertiary/aromatic N) is 4. The number of nitrogens with one attached hydrogen (secondary N) is 1. The van der Waals surface area contributed by atoms with E-state index >= 15 is 0 Å². The normalized spacial score (nSPS) is 10.6. The predicted molar refractivity (Wildman–Crippen MR) is 98.2 cm³/mol. The van der Waals surface area contributed by atoms with Gasteiger partial charge in [0.05, 0.1) is 16.7 Å². The summed E-state index contributed by atoms with van der Waals surface area (Å²) in [4.78, 5) is 29.5. The SMILES string of the molecule is O=C(NCc1cccnc1-c1cccnc1)c1ccc2nccnc2c1. The number of benzene rings is 1. The van der Waals surface area contributed by atoms with Crippen molar-refractivity contribution in [3.63, 3.8) is 0 Å². The Bertz CT molecular complexity index is 1070. The topological polar surface area (TPSA) is 80.7 Å². The summed E-state index contributed by atoms with van der Waals surface area (Å²) in [5, 5.41) is 2.94. The summed E-state index contributed by atoms with van der Waals surface area (Å²) in [6.07, 6.45) is 8.45. The number of amides is 1. The van der Waals surface area contributed by atoms with E-state index < -0.39 is 0 Å². The smallest absolute Gasteiger partial charge is 0.251 e. The van der Waals surface area contributed by atoms with Gasteiger partial charge in [-0.2, -0.15) is 0 Å². The molecule has 4 aromatic rings. The van der Waals surface area contributed by atoms with Crippen LogP contribution in [0.3, 0.4) is 0 Å². The lowest BCUT2D eigenvalue weighted by Crippen LogP contribution is -2.23. The molecule has 6 nitrogen and oxygen atoms in total. The summed E-state index contributed by atoms with van der Waals surface area (Å²) in [5.74, 6) is -0.168. The average Bonchev–Trinajstić information content (AvgIpc) is 2.72. The van der Waals surface area contributed by atoms with Gasteiger partial charge in [-0.1, -0.05) is 6.07 Å². The second-order valence-electron chi connectivity index (χ2n) is 5.70. The van der Waals surface area contributed by atoms with Gasteiger partial charge in [0.2, 0.25) is 0 Å². The predicted octanol–water partition coefficient (Wildman–Crippen LogP) is 3.02. The van der Waals surface area contributed by atoms with Crippen LogP contribution >= 0.6 is 0 Å². The first-order chi connectivity index (χ1) is 12.8. The standard InChI is InChI=1S/C20H15N5O/c26-20(14-5-6-17-18(11-14)23-10-9-22-17)25-13-16-4-2-8-24-19(16)15-3-1-7-21-12-15/h1-12H,13H2,(H,25,26). The second-order valence-corrected chi connectivity index (χ2v) is 5.70. The average molecular weight is 341 g/mol. The molecule has 3 heterocycles. The maximum atomic E-state index is 12.5. The van der Waals surface area contributed by atoms with Crippen LogP contribution in [0, 0.1) is 0 Å². The van der Waals surface area contributed by atoms with Crippen molar-refractivity contribution in [1.82, 2.24) is 25.3 Å². The van der Waals surface area contributed by atoms with Gasteiger partial charge < -0.3 is 5.32 Å². The number of carbonyl (C=O) groups is 1. The van der Waals surface area contributed by atoms with Gasteiger partial charge in [0.1, 0.15) is 0 Å². The van der Waals surface area contributed by atoms with E-state index in [9.17, 15) is 4.79 Å². The van der Waals surface area contributed by atoms with Crippen LogP contribution in [0.15, 0.2) is 73.4 Å². The van der Waals surface area contributed by atoms with Crippen LogP contribution < -0.4 is 5.32 Å². The molecule has 6 heteroatoms. The molecule has 0 spiro atoms. The van der Waals surface area contributed by atoms with Crippen LogP contribution in [0.4, 0.5) is 0 Å². The van der Waals surface area contributed by atoms with E-state index in [0.717, 1.165) is 22.3 Å². The number of rotatable bonds is 4. The van der Waals surface area contributed by atoms with Crippen molar-refractivity contribution < 1.29 is 4.79 Å². The molecule has 0 saturated carbocycles. The number of hydrogen-bond donors (Lipinski definition) is 1. The number of aromatic nitrogens is 4. The number of carbonyl (C=O) groups excluding carboxylic acids is 1. The molecular formula is C20H15N5O. The lowest BCUT2D eigenvalue weighted by molar-refractivity contribution is 0.0951. The highest BCUT2D eigenvalue weighted by Crippen LogP contribution is 2.20. The highest BCUT2D eigenvalue weighted by atomic mass is 16.1. The Kier molecular flexibility index (Phi) is 4.30. The van der Waals surface area contributed by atoms with Gasteiger partial charge in [0, 0.05) is 48.7 Å². The fourth-order valence-electron chi connectivity index (χ4n) is 2.73. The number of fused-ring (bicyclic) bond motifs is 1. The molecule has 1 aromatic carbocycles. The molecule has 0 bridgehead atoms. The zero-order valence-electron chi connectivity index (χ0n) is 13.8. The molecule has 0 radical (unpaired) electrons. The van der Waals surface area contributed by atoms with Gasteiger partial charge in [-0.3, -0.25) is 24.7 Å². The molecule has 26 heavy (non-hydrogen) atoms. The third-order valence-electron chi connectivity index (χ3n) is 4.00. The van der Waals surface area contributed by atoms with Crippen LogP contribution in [0.2, 0.25) is 0 Å². The van der Waals surface area contributed by atoms with Crippen LogP contribution in [-0.4, -0.2) is 25.8 Å². The fraction of sp³-hybridized carbons (Fsp3) is 0.0500. The first kappa shape index (κ1) is 15.8. The van der Waals surface area contributed by atoms with Crippen molar-refractivity contribution in [2.45, 2.75) is 6.54 Å². The molecule has 0 fully saturated rings. The molecule has 126 valence electrons. The van der Waals surface area contributed by atoms with Crippen molar-refractivity contribution in [3.05, 3.63) is 84.6 Å². The molecule has 4 rings (SSSR count). The molecule has 0 saturated heterocycles. The molecule has 0 atom stereocenters. The van der Waals surface area contributed by atoms with E-state index in [2.05, 4.69) is 25.3 Å². The summed E-state index contributed by atoms with van der Waals surface area (Å²) in [5.41, 5.74) is 4.65. The zero-order valence-corrected chi connectivity index (χ0v) is 13.8. The molecule has 0 aliphatic carbocycles. The Balaban J connectivity index is 1.54. The van der Waals surface area contributed by atoms with Crippen molar-refractivity contribution in [1.29, 1.82) is 0 Å². The summed E-state index contributed by atoms with van der Waals surface area (Å²) in [7, 11) is 0. The van der Waals surface area contributed by atoms with Crippen molar-refractivity contribution in [2.24, 2.45) is 0 Å². The van der Waals surface area contributed by atoms with Gasteiger partial charge in [-0.05, 0) is 42.0 Å². The third kappa shape index (κ3) is 3.25. The molecule has 1 amide bonds. The Morgan fingerprint density at radius 2 is 1.73 bits per heavy atom. The molecular weight excluding hydrogens is 326 g/mol. The van der Waals surface area contributed by atoms with E-state index in [0.29, 0.717) is 17.6 Å². The van der Waals surface area contributed by atoms with Gasteiger partial charge in [0.25, 0.3) is 5.91 Å². The van der Waals surface area contributed by atoms with E-state index in [1.165, 1.54) is 0 Å². The van der Waals surface area contributed by atoms with E-state index in [4.69, 9.17) is 0 Å². The van der Waals surface area contributed by atoms with E-state index in [1.807, 2.05) is 24.3 Å². The molecule has 0 aliphatic rings. The van der Waals surface area contributed by atoms with Gasteiger partial charge >= 0.3 is 0 Å². The quantitative estimate of drug-likeness (QED) is 0.617. The van der Waals surface area contributed by atoms with Crippen molar-refractivity contribution >= 4 is 16.9 Å². The minimum absolute atomic E-state index is 0.168. The summed E-state index contributed by atoms with van der Waals surface area (Å²) >= 11 is 0. The minimum Gasteiger partial charge on any atom is -0.348 e. The maximum absolute atomic E-state index is 12.5. The second kappa shape index (κ2) is 7.06. The van der Waals surface area contributed by atoms with Crippen molar-refractivity contribution in [3.8, 4) is 11.3 Å². The van der Waals surface area contributed by atoms with Crippen LogP contribution in [0.5, 0.6) is 0 Å². The molecule has 0 aliphatic heterocycles. The fourth-order valence-corrected chi connectivity index (χ4v) is 2.73. The van der Waals surface area contributed by atoms with Gasteiger partial charge in [0.15, 0.2) is 0 Å². The lowest BCUT2D eigenvalue weighted by Gasteiger charge is -2.10.